The van der Waals surface area contributed by atoms with Crippen LogP contribution in [-0.2, 0) is 16.0 Å². The van der Waals surface area contributed by atoms with Gasteiger partial charge in [-0.05, 0) is 24.0 Å². The zero-order chi connectivity index (χ0) is 10.8. The molecule has 2 rings (SSSR count). The van der Waals surface area contributed by atoms with Gasteiger partial charge in [-0.1, -0.05) is 24.3 Å². The van der Waals surface area contributed by atoms with E-state index in [9.17, 15) is 4.79 Å². The fourth-order valence-corrected chi connectivity index (χ4v) is 2.22. The molecule has 0 amide bonds. The molecule has 0 aliphatic heterocycles. The minimum atomic E-state index is -0.185. The van der Waals surface area contributed by atoms with Gasteiger partial charge in [0.15, 0.2) is 0 Å². The molecule has 0 fully saturated rings. The van der Waals surface area contributed by atoms with Gasteiger partial charge in [0.25, 0.3) is 0 Å². The number of hydrogen-bond acceptors (Lipinski definition) is 3. The maximum absolute atomic E-state index is 11.6. The molecule has 1 aliphatic rings. The highest BCUT2D eigenvalue weighted by atomic mass is 16.5. The van der Waals surface area contributed by atoms with Gasteiger partial charge in [0, 0.05) is 6.04 Å². The summed E-state index contributed by atoms with van der Waals surface area (Å²) < 4.78 is 4.80. The lowest BCUT2D eigenvalue weighted by Gasteiger charge is -2.27. The first-order valence-corrected chi connectivity index (χ1v) is 5.13. The zero-order valence-corrected chi connectivity index (χ0v) is 8.77. The Morgan fingerprint density at radius 3 is 2.93 bits per heavy atom. The second-order valence-corrected chi connectivity index (χ2v) is 3.97. The van der Waals surface area contributed by atoms with Crippen LogP contribution in [0.15, 0.2) is 24.3 Å². The zero-order valence-electron chi connectivity index (χ0n) is 8.77. The third-order valence-electron chi connectivity index (χ3n) is 2.94. The molecule has 2 N–H and O–H groups in total. The van der Waals surface area contributed by atoms with Crippen molar-refractivity contribution in [2.45, 2.75) is 24.8 Å². The Morgan fingerprint density at radius 1 is 1.47 bits per heavy atom. The van der Waals surface area contributed by atoms with Crippen LogP contribution in [0.3, 0.4) is 0 Å². The van der Waals surface area contributed by atoms with Gasteiger partial charge >= 0.3 is 5.97 Å². The van der Waals surface area contributed by atoms with Gasteiger partial charge < -0.3 is 10.5 Å². The van der Waals surface area contributed by atoms with E-state index in [1.165, 1.54) is 12.7 Å². The summed E-state index contributed by atoms with van der Waals surface area (Å²) in [5.41, 5.74) is 8.17. The highest BCUT2D eigenvalue weighted by Crippen LogP contribution is 2.31. The minimum Gasteiger partial charge on any atom is -0.469 e. The van der Waals surface area contributed by atoms with Crippen molar-refractivity contribution in [1.82, 2.24) is 0 Å². The van der Waals surface area contributed by atoms with Gasteiger partial charge in [-0.25, -0.2) is 0 Å². The molecule has 0 aromatic heterocycles. The van der Waals surface area contributed by atoms with Crippen molar-refractivity contribution in [2.75, 3.05) is 7.11 Å². The minimum absolute atomic E-state index is 0.0593. The lowest BCUT2D eigenvalue weighted by Crippen LogP contribution is -2.33. The molecule has 0 heterocycles. The van der Waals surface area contributed by atoms with Crippen LogP contribution < -0.4 is 5.73 Å². The Morgan fingerprint density at radius 2 is 2.20 bits per heavy atom. The van der Waals surface area contributed by atoms with Crippen LogP contribution in [0.4, 0.5) is 0 Å². The Kier molecular flexibility index (Phi) is 2.73. The predicted octanol–water partition coefficient (Wildman–Crippen LogP) is 1.22. The van der Waals surface area contributed by atoms with Gasteiger partial charge in [-0.2, -0.15) is 0 Å². The summed E-state index contributed by atoms with van der Waals surface area (Å²) in [7, 11) is 1.42. The van der Waals surface area contributed by atoms with Crippen LogP contribution >= 0.6 is 0 Å². The number of benzene rings is 1. The number of carbonyl (C=O) groups is 1. The topological polar surface area (TPSA) is 52.3 Å². The van der Waals surface area contributed by atoms with Gasteiger partial charge in [-0.15, -0.1) is 0 Å². The second-order valence-electron chi connectivity index (χ2n) is 3.97. The van der Waals surface area contributed by atoms with E-state index < -0.39 is 0 Å². The van der Waals surface area contributed by atoms with Crippen LogP contribution in [0, 0.1) is 0 Å². The molecule has 0 saturated heterocycles. The summed E-state index contributed by atoms with van der Waals surface area (Å²) in [4.78, 5) is 11.6. The number of carbonyl (C=O) groups excluding carboxylic acids is 1. The first-order valence-electron chi connectivity index (χ1n) is 5.13. The average Bonchev–Trinajstić information content (AvgIpc) is 2.26. The highest BCUT2D eigenvalue weighted by molar-refractivity contribution is 5.79. The first kappa shape index (κ1) is 10.2. The number of hydrogen-bond donors (Lipinski definition) is 1. The molecule has 0 radical (unpaired) electrons. The van der Waals surface area contributed by atoms with Crippen molar-refractivity contribution >= 4 is 5.97 Å². The Hall–Kier alpha value is -1.35. The van der Waals surface area contributed by atoms with Crippen LogP contribution in [-0.4, -0.2) is 19.1 Å². The lowest BCUT2D eigenvalue weighted by atomic mass is 9.80. The van der Waals surface area contributed by atoms with Gasteiger partial charge in [0.1, 0.15) is 0 Å². The quantitative estimate of drug-likeness (QED) is 0.701. The summed E-state index contributed by atoms with van der Waals surface area (Å²) in [6.07, 6.45) is 1.54. The molecule has 0 saturated carbocycles. The van der Waals surface area contributed by atoms with Crippen LogP contribution in [0.25, 0.3) is 0 Å². The van der Waals surface area contributed by atoms with Gasteiger partial charge in [0.2, 0.25) is 0 Å². The van der Waals surface area contributed by atoms with Crippen LogP contribution in [0.5, 0.6) is 0 Å². The van der Waals surface area contributed by atoms with Crippen molar-refractivity contribution < 1.29 is 9.53 Å². The average molecular weight is 205 g/mol. The number of esters is 1. The third-order valence-corrected chi connectivity index (χ3v) is 2.94. The molecule has 0 bridgehead atoms. The van der Waals surface area contributed by atoms with E-state index in [-0.39, 0.29) is 17.9 Å². The molecule has 15 heavy (non-hydrogen) atoms. The smallest absolute Gasteiger partial charge is 0.313 e. The Balaban J connectivity index is 2.38. The van der Waals surface area contributed by atoms with E-state index in [0.29, 0.717) is 6.42 Å². The van der Waals surface area contributed by atoms with Crippen LogP contribution in [0.1, 0.15) is 23.5 Å². The Bertz CT molecular complexity index is 376. The van der Waals surface area contributed by atoms with E-state index in [0.717, 1.165) is 12.0 Å². The van der Waals surface area contributed by atoms with Crippen molar-refractivity contribution in [3.8, 4) is 0 Å². The fraction of sp³-hybridized carbons (Fsp3) is 0.417. The lowest BCUT2D eigenvalue weighted by molar-refractivity contribution is -0.142. The molecular formula is C12H15NO2. The predicted molar refractivity (Wildman–Crippen MR) is 57.5 cm³/mol. The second kappa shape index (κ2) is 4.03. The molecular weight excluding hydrogens is 190 g/mol. The van der Waals surface area contributed by atoms with Crippen LogP contribution in [0.2, 0.25) is 0 Å². The standard InChI is InChI=1S/C12H15NO2/c1-15-12(14)11-7-9(13)6-8-4-2-3-5-10(8)11/h2-5,9,11H,6-7,13H2,1H3/t9-,11+/m0/s1. The molecule has 0 spiro atoms. The van der Waals surface area contributed by atoms with Crippen molar-refractivity contribution in [2.24, 2.45) is 5.73 Å². The molecule has 2 atom stereocenters. The summed E-state index contributed by atoms with van der Waals surface area (Å²) in [5.74, 6) is -0.368. The van der Waals surface area contributed by atoms with Crippen molar-refractivity contribution in [1.29, 1.82) is 0 Å². The third kappa shape index (κ3) is 1.88. The molecule has 1 aliphatic carbocycles. The van der Waals surface area contributed by atoms with E-state index in [1.54, 1.807) is 0 Å². The van der Waals surface area contributed by atoms with Gasteiger partial charge in [-0.3, -0.25) is 4.79 Å². The number of ether oxygens (including phenoxy) is 1. The first-order chi connectivity index (χ1) is 7.22. The molecule has 1 aromatic rings. The number of rotatable bonds is 1. The fourth-order valence-electron chi connectivity index (χ4n) is 2.22. The Labute approximate surface area is 89.2 Å². The monoisotopic (exact) mass is 205 g/mol. The molecule has 0 unspecified atom stereocenters. The maximum Gasteiger partial charge on any atom is 0.313 e. The molecule has 3 nitrogen and oxygen atoms in total. The van der Waals surface area contributed by atoms with E-state index >= 15 is 0 Å². The maximum atomic E-state index is 11.6. The van der Waals surface area contributed by atoms with E-state index in [2.05, 4.69) is 0 Å². The van der Waals surface area contributed by atoms with Crippen molar-refractivity contribution in [3.05, 3.63) is 35.4 Å². The summed E-state index contributed by atoms with van der Waals surface area (Å²) >= 11 is 0. The largest absolute Gasteiger partial charge is 0.469 e. The molecule has 1 aromatic carbocycles. The molecule has 3 heteroatoms. The van der Waals surface area contributed by atoms with Crippen molar-refractivity contribution in [3.63, 3.8) is 0 Å². The number of fused-ring (bicyclic) bond motifs is 1. The molecule has 80 valence electrons. The van der Waals surface area contributed by atoms with E-state index in [1.807, 2.05) is 24.3 Å². The number of nitrogens with two attached hydrogens (primary N) is 1. The number of methoxy groups -OCH3 is 1. The normalized spacial score (nSPS) is 24.4. The highest BCUT2D eigenvalue weighted by Gasteiger charge is 2.30. The van der Waals surface area contributed by atoms with Gasteiger partial charge in [0.05, 0.1) is 13.0 Å². The van der Waals surface area contributed by atoms with E-state index in [4.69, 9.17) is 10.5 Å². The summed E-state index contributed by atoms with van der Waals surface area (Å²) in [6.45, 7) is 0. The SMILES string of the molecule is COC(=O)[C@@H]1C[C@@H](N)Cc2ccccc21. The summed E-state index contributed by atoms with van der Waals surface area (Å²) in [6, 6.07) is 8.01. The summed E-state index contributed by atoms with van der Waals surface area (Å²) in [5, 5.41) is 0.